The van der Waals surface area contributed by atoms with Crippen molar-refractivity contribution in [3.05, 3.63) is 0 Å². The molecule has 4 heteroatoms. The van der Waals surface area contributed by atoms with Gasteiger partial charge >= 0.3 is 0 Å². The van der Waals surface area contributed by atoms with Crippen LogP contribution in [-0.4, -0.2) is 42.5 Å². The molecule has 1 aliphatic heterocycles. The predicted molar refractivity (Wildman–Crippen MR) is 75.3 cm³/mol. The number of nitrogens with one attached hydrogen (secondary N) is 1. The zero-order chi connectivity index (χ0) is 13.6. The van der Waals surface area contributed by atoms with E-state index >= 15 is 0 Å². The highest BCUT2D eigenvalue weighted by molar-refractivity contribution is 5.75. The summed E-state index contributed by atoms with van der Waals surface area (Å²) in [5.41, 5.74) is 5.62. The van der Waals surface area contributed by atoms with Crippen molar-refractivity contribution in [1.29, 1.82) is 0 Å². The summed E-state index contributed by atoms with van der Waals surface area (Å²) in [6.07, 6.45) is 3.69. The molecule has 0 aromatic heterocycles. The Bertz CT molecular complexity index is 252. The summed E-state index contributed by atoms with van der Waals surface area (Å²) in [6, 6.07) is 0. The van der Waals surface area contributed by atoms with E-state index in [1.807, 2.05) is 13.8 Å². The summed E-state index contributed by atoms with van der Waals surface area (Å²) < 4.78 is 0. The third kappa shape index (κ3) is 6.36. The van der Waals surface area contributed by atoms with Crippen molar-refractivity contribution in [2.75, 3.05) is 26.2 Å². The number of carbonyl (C=O) groups is 1. The van der Waals surface area contributed by atoms with Gasteiger partial charge in [-0.3, -0.25) is 4.79 Å². The fourth-order valence-corrected chi connectivity index (χ4v) is 2.29. The van der Waals surface area contributed by atoms with Crippen LogP contribution in [0, 0.1) is 5.92 Å². The van der Waals surface area contributed by atoms with Crippen molar-refractivity contribution >= 4 is 5.91 Å². The van der Waals surface area contributed by atoms with Crippen LogP contribution in [0.2, 0.25) is 0 Å². The van der Waals surface area contributed by atoms with Crippen LogP contribution >= 0.6 is 0 Å². The Morgan fingerprint density at radius 3 is 2.50 bits per heavy atom. The fourth-order valence-electron chi connectivity index (χ4n) is 2.29. The molecule has 0 bridgehead atoms. The molecule has 1 amide bonds. The Kier molecular flexibility index (Phi) is 6.09. The van der Waals surface area contributed by atoms with Gasteiger partial charge in [-0.15, -0.1) is 0 Å². The van der Waals surface area contributed by atoms with E-state index in [0.717, 1.165) is 19.5 Å². The Hall–Kier alpha value is -0.610. The van der Waals surface area contributed by atoms with E-state index in [2.05, 4.69) is 17.1 Å². The van der Waals surface area contributed by atoms with Crippen LogP contribution in [0.15, 0.2) is 0 Å². The van der Waals surface area contributed by atoms with E-state index in [1.165, 1.54) is 25.9 Å². The Morgan fingerprint density at radius 1 is 1.39 bits per heavy atom. The molecule has 0 spiro atoms. The Labute approximate surface area is 111 Å². The second-order valence-corrected chi connectivity index (χ2v) is 6.17. The molecular weight excluding hydrogens is 226 g/mol. The topological polar surface area (TPSA) is 58.4 Å². The maximum Gasteiger partial charge on any atom is 0.220 e. The minimum absolute atomic E-state index is 0.145. The number of likely N-dealkylation sites (tertiary alicyclic amines) is 1. The molecule has 1 rings (SSSR count). The standard InChI is InChI=1S/C14H29N3O/c1-4-17-9-6-12(7-10-17)11-16-13(18)5-8-14(2,3)15/h12H,4-11,15H2,1-3H3,(H,16,18). The van der Waals surface area contributed by atoms with Crippen LogP contribution < -0.4 is 11.1 Å². The molecule has 0 aromatic rings. The second kappa shape index (κ2) is 7.10. The first-order valence-electron chi connectivity index (χ1n) is 7.18. The zero-order valence-corrected chi connectivity index (χ0v) is 12.2. The summed E-state index contributed by atoms with van der Waals surface area (Å²) in [7, 11) is 0. The molecule has 106 valence electrons. The Morgan fingerprint density at radius 2 is 2.00 bits per heavy atom. The maximum atomic E-state index is 11.7. The number of piperidine rings is 1. The summed E-state index contributed by atoms with van der Waals surface area (Å²) in [4.78, 5) is 14.1. The monoisotopic (exact) mass is 255 g/mol. The van der Waals surface area contributed by atoms with Gasteiger partial charge in [0, 0.05) is 18.5 Å². The van der Waals surface area contributed by atoms with E-state index in [4.69, 9.17) is 5.73 Å². The number of nitrogens with zero attached hydrogens (tertiary/aromatic N) is 1. The number of nitrogens with two attached hydrogens (primary N) is 1. The van der Waals surface area contributed by atoms with Crippen LogP contribution in [0.25, 0.3) is 0 Å². The molecule has 3 N–H and O–H groups in total. The molecule has 0 atom stereocenters. The van der Waals surface area contributed by atoms with Crippen LogP contribution in [0.1, 0.15) is 46.5 Å². The Balaban J connectivity index is 2.12. The van der Waals surface area contributed by atoms with E-state index in [1.54, 1.807) is 0 Å². The van der Waals surface area contributed by atoms with Crippen LogP contribution in [0.5, 0.6) is 0 Å². The average Bonchev–Trinajstić information content (AvgIpc) is 2.33. The molecule has 0 aromatic carbocycles. The molecule has 1 saturated heterocycles. The number of carbonyl (C=O) groups excluding carboxylic acids is 1. The molecule has 0 aliphatic carbocycles. The van der Waals surface area contributed by atoms with Crippen molar-refractivity contribution in [1.82, 2.24) is 10.2 Å². The lowest BCUT2D eigenvalue weighted by Gasteiger charge is -2.31. The molecule has 0 unspecified atom stereocenters. The van der Waals surface area contributed by atoms with Gasteiger partial charge in [0.2, 0.25) is 5.91 Å². The highest BCUT2D eigenvalue weighted by Crippen LogP contribution is 2.16. The van der Waals surface area contributed by atoms with Gasteiger partial charge in [-0.25, -0.2) is 0 Å². The summed E-state index contributed by atoms with van der Waals surface area (Å²) in [5.74, 6) is 0.800. The number of amides is 1. The van der Waals surface area contributed by atoms with E-state index < -0.39 is 0 Å². The largest absolute Gasteiger partial charge is 0.356 e. The predicted octanol–water partition coefficient (Wildman–Crippen LogP) is 1.35. The van der Waals surface area contributed by atoms with E-state index in [9.17, 15) is 4.79 Å². The third-order valence-corrected chi connectivity index (χ3v) is 3.74. The molecule has 0 radical (unpaired) electrons. The number of hydrogen-bond donors (Lipinski definition) is 2. The fraction of sp³-hybridized carbons (Fsp3) is 0.929. The lowest BCUT2D eigenvalue weighted by atomic mass is 9.96. The van der Waals surface area contributed by atoms with Gasteiger partial charge in [0.15, 0.2) is 0 Å². The van der Waals surface area contributed by atoms with Gasteiger partial charge in [-0.2, -0.15) is 0 Å². The molecule has 1 heterocycles. The molecule has 1 fully saturated rings. The van der Waals surface area contributed by atoms with E-state index in [0.29, 0.717) is 12.3 Å². The lowest BCUT2D eigenvalue weighted by molar-refractivity contribution is -0.121. The summed E-state index contributed by atoms with van der Waals surface area (Å²) >= 11 is 0. The van der Waals surface area contributed by atoms with Crippen molar-refractivity contribution < 1.29 is 4.79 Å². The van der Waals surface area contributed by atoms with Gasteiger partial charge in [0.05, 0.1) is 0 Å². The molecule has 18 heavy (non-hydrogen) atoms. The smallest absolute Gasteiger partial charge is 0.220 e. The van der Waals surface area contributed by atoms with Gasteiger partial charge < -0.3 is 16.0 Å². The quantitative estimate of drug-likeness (QED) is 0.753. The highest BCUT2D eigenvalue weighted by Gasteiger charge is 2.19. The molecule has 4 nitrogen and oxygen atoms in total. The SMILES string of the molecule is CCN1CCC(CNC(=O)CCC(C)(C)N)CC1. The van der Waals surface area contributed by atoms with Crippen molar-refractivity contribution in [3.8, 4) is 0 Å². The van der Waals surface area contributed by atoms with Crippen molar-refractivity contribution in [2.45, 2.75) is 52.0 Å². The van der Waals surface area contributed by atoms with Crippen molar-refractivity contribution in [3.63, 3.8) is 0 Å². The van der Waals surface area contributed by atoms with Gasteiger partial charge in [-0.05, 0) is 58.7 Å². The maximum absolute atomic E-state index is 11.7. The number of rotatable bonds is 6. The second-order valence-electron chi connectivity index (χ2n) is 6.17. The zero-order valence-electron chi connectivity index (χ0n) is 12.2. The highest BCUT2D eigenvalue weighted by atomic mass is 16.1. The summed E-state index contributed by atoms with van der Waals surface area (Å²) in [6.45, 7) is 10.4. The molecule has 0 saturated carbocycles. The van der Waals surface area contributed by atoms with Crippen LogP contribution in [0.3, 0.4) is 0 Å². The van der Waals surface area contributed by atoms with Crippen molar-refractivity contribution in [2.24, 2.45) is 11.7 Å². The average molecular weight is 255 g/mol. The number of hydrogen-bond acceptors (Lipinski definition) is 3. The lowest BCUT2D eigenvalue weighted by Crippen LogP contribution is -2.39. The third-order valence-electron chi connectivity index (χ3n) is 3.74. The van der Waals surface area contributed by atoms with Gasteiger partial charge in [0.1, 0.15) is 0 Å². The van der Waals surface area contributed by atoms with Crippen LogP contribution in [0.4, 0.5) is 0 Å². The first kappa shape index (κ1) is 15.4. The minimum atomic E-state index is -0.246. The van der Waals surface area contributed by atoms with Gasteiger partial charge in [-0.1, -0.05) is 6.92 Å². The first-order valence-corrected chi connectivity index (χ1v) is 7.18. The van der Waals surface area contributed by atoms with Crippen LogP contribution in [-0.2, 0) is 4.79 Å². The van der Waals surface area contributed by atoms with Gasteiger partial charge in [0.25, 0.3) is 0 Å². The molecular formula is C14H29N3O. The normalized spacial score (nSPS) is 18.9. The van der Waals surface area contributed by atoms with E-state index in [-0.39, 0.29) is 11.4 Å². The minimum Gasteiger partial charge on any atom is -0.356 e. The summed E-state index contributed by atoms with van der Waals surface area (Å²) in [5, 5.41) is 3.04. The first-order chi connectivity index (χ1) is 8.40. The molecule has 1 aliphatic rings.